The summed E-state index contributed by atoms with van der Waals surface area (Å²) in [7, 11) is 0. The lowest BCUT2D eigenvalue weighted by molar-refractivity contribution is 0.559. The Balaban J connectivity index is 2.59. The lowest BCUT2D eigenvalue weighted by Crippen LogP contribution is -1.95. The summed E-state index contributed by atoms with van der Waals surface area (Å²) in [6.07, 6.45) is 13.6. The van der Waals surface area contributed by atoms with Gasteiger partial charge < -0.3 is 0 Å². The minimum atomic E-state index is 0.809. The molecule has 1 aromatic rings. The molecule has 0 N–H and O–H groups in total. The summed E-state index contributed by atoms with van der Waals surface area (Å²) in [5.74, 6) is 1.62. The molecule has 1 aromatic heterocycles. The topological polar surface area (TPSA) is 0 Å². The molecule has 21 heavy (non-hydrogen) atoms. The van der Waals surface area contributed by atoms with E-state index in [9.17, 15) is 0 Å². The predicted octanol–water partition coefficient (Wildman–Crippen LogP) is 7.90. The third-order valence-corrected chi connectivity index (χ3v) is 6.16. The lowest BCUT2D eigenvalue weighted by atomic mass is 9.96. The van der Waals surface area contributed by atoms with Crippen molar-refractivity contribution in [2.45, 2.75) is 104 Å². The summed E-state index contributed by atoms with van der Waals surface area (Å²) in [4.78, 5) is 3.30. The second-order valence-electron chi connectivity index (χ2n) is 6.44. The van der Waals surface area contributed by atoms with Gasteiger partial charge in [0, 0.05) is 9.75 Å². The number of unbranched alkanes of at least 4 members (excludes halogenated alkanes) is 4. The van der Waals surface area contributed by atoms with Gasteiger partial charge in [0.2, 0.25) is 0 Å². The van der Waals surface area contributed by atoms with Gasteiger partial charge in [0.05, 0.1) is 0 Å². The van der Waals surface area contributed by atoms with E-state index in [1.165, 1.54) is 64.2 Å². The average Bonchev–Trinajstić information content (AvgIpc) is 2.98. The van der Waals surface area contributed by atoms with Crippen molar-refractivity contribution in [3.63, 3.8) is 0 Å². The van der Waals surface area contributed by atoms with E-state index in [0.29, 0.717) is 0 Å². The van der Waals surface area contributed by atoms with E-state index in [1.807, 2.05) is 0 Å². The number of hydrogen-bond donors (Lipinski definition) is 0. The van der Waals surface area contributed by atoms with Crippen LogP contribution in [0, 0.1) is 0 Å². The summed E-state index contributed by atoms with van der Waals surface area (Å²) in [5.41, 5.74) is 0. The lowest BCUT2D eigenvalue weighted by Gasteiger charge is -2.14. The number of hydrogen-bond acceptors (Lipinski definition) is 1. The first kappa shape index (κ1) is 18.7. The Morgan fingerprint density at radius 1 is 0.714 bits per heavy atom. The number of rotatable bonds is 12. The van der Waals surface area contributed by atoms with E-state index in [0.717, 1.165) is 11.8 Å². The standard InChI is InChI=1S/C20H36S/c1-5-9-11-13-17(7-3)19-15-16-20(21-19)18(8-4)14-12-10-6-2/h15-18H,5-14H2,1-4H3. The minimum absolute atomic E-state index is 0.809. The first-order valence-electron chi connectivity index (χ1n) is 9.36. The molecule has 1 heteroatoms. The van der Waals surface area contributed by atoms with Gasteiger partial charge in [-0.1, -0.05) is 66.2 Å². The number of thiophene rings is 1. The molecule has 0 aromatic carbocycles. The quantitative estimate of drug-likeness (QED) is 0.344. The van der Waals surface area contributed by atoms with Gasteiger partial charge in [-0.25, -0.2) is 0 Å². The monoisotopic (exact) mass is 308 g/mol. The molecule has 0 aliphatic rings. The zero-order valence-electron chi connectivity index (χ0n) is 14.8. The van der Waals surface area contributed by atoms with Gasteiger partial charge in [0.15, 0.2) is 0 Å². The molecule has 0 saturated carbocycles. The second-order valence-corrected chi connectivity index (χ2v) is 7.59. The van der Waals surface area contributed by atoms with Gasteiger partial charge in [0.25, 0.3) is 0 Å². The molecule has 0 amide bonds. The van der Waals surface area contributed by atoms with Crippen LogP contribution in [0.2, 0.25) is 0 Å². The molecular formula is C20H36S. The van der Waals surface area contributed by atoms with E-state index in [1.54, 1.807) is 9.75 Å². The fraction of sp³-hybridized carbons (Fsp3) is 0.800. The summed E-state index contributed by atoms with van der Waals surface area (Å²) in [5, 5.41) is 0. The molecule has 0 bridgehead atoms. The minimum Gasteiger partial charge on any atom is -0.145 e. The molecule has 1 heterocycles. The molecule has 122 valence electrons. The van der Waals surface area contributed by atoms with E-state index in [-0.39, 0.29) is 0 Å². The molecule has 1 rings (SSSR count). The molecule has 0 radical (unpaired) electrons. The van der Waals surface area contributed by atoms with Gasteiger partial charge in [-0.15, -0.1) is 11.3 Å². The fourth-order valence-corrected chi connectivity index (χ4v) is 4.63. The second kappa shape index (κ2) is 11.3. The summed E-state index contributed by atoms with van der Waals surface area (Å²) >= 11 is 2.11. The van der Waals surface area contributed by atoms with Crippen molar-refractivity contribution in [2.24, 2.45) is 0 Å². The van der Waals surface area contributed by atoms with Crippen molar-refractivity contribution in [1.82, 2.24) is 0 Å². The van der Waals surface area contributed by atoms with Crippen molar-refractivity contribution in [3.05, 3.63) is 21.9 Å². The molecule has 0 aliphatic heterocycles. The van der Waals surface area contributed by atoms with Crippen LogP contribution in [-0.4, -0.2) is 0 Å². The van der Waals surface area contributed by atoms with Crippen LogP contribution in [0.15, 0.2) is 12.1 Å². The SMILES string of the molecule is CCCCCC(CC)c1ccc(C(CC)CCCCC)s1. The van der Waals surface area contributed by atoms with Crippen LogP contribution in [0.4, 0.5) is 0 Å². The Morgan fingerprint density at radius 3 is 1.48 bits per heavy atom. The zero-order chi connectivity index (χ0) is 15.5. The molecule has 0 aliphatic carbocycles. The van der Waals surface area contributed by atoms with Gasteiger partial charge in [-0.05, 0) is 49.7 Å². The molecule has 2 unspecified atom stereocenters. The van der Waals surface area contributed by atoms with Gasteiger partial charge in [-0.2, -0.15) is 0 Å². The van der Waals surface area contributed by atoms with Crippen molar-refractivity contribution >= 4 is 11.3 Å². The van der Waals surface area contributed by atoms with E-state index < -0.39 is 0 Å². The normalized spacial score (nSPS) is 14.3. The third-order valence-electron chi connectivity index (χ3n) is 4.75. The highest BCUT2D eigenvalue weighted by atomic mass is 32.1. The van der Waals surface area contributed by atoms with Crippen molar-refractivity contribution in [3.8, 4) is 0 Å². The molecule has 0 nitrogen and oxygen atoms in total. The van der Waals surface area contributed by atoms with Crippen LogP contribution in [0.1, 0.15) is 113 Å². The third kappa shape index (κ3) is 6.55. The van der Waals surface area contributed by atoms with Crippen molar-refractivity contribution in [1.29, 1.82) is 0 Å². The van der Waals surface area contributed by atoms with Crippen LogP contribution in [-0.2, 0) is 0 Å². The Labute approximate surface area is 137 Å². The Kier molecular flexibility index (Phi) is 10.1. The van der Waals surface area contributed by atoms with E-state index in [2.05, 4.69) is 51.2 Å². The van der Waals surface area contributed by atoms with Crippen molar-refractivity contribution in [2.75, 3.05) is 0 Å². The maximum atomic E-state index is 2.43. The van der Waals surface area contributed by atoms with E-state index in [4.69, 9.17) is 0 Å². The molecular weight excluding hydrogens is 272 g/mol. The summed E-state index contributed by atoms with van der Waals surface area (Å²) in [6.45, 7) is 9.31. The van der Waals surface area contributed by atoms with Gasteiger partial charge >= 0.3 is 0 Å². The first-order valence-corrected chi connectivity index (χ1v) is 10.2. The van der Waals surface area contributed by atoms with E-state index >= 15 is 0 Å². The molecule has 0 spiro atoms. The Morgan fingerprint density at radius 2 is 1.14 bits per heavy atom. The van der Waals surface area contributed by atoms with Gasteiger partial charge in [-0.3, -0.25) is 0 Å². The Hall–Kier alpha value is -0.300. The van der Waals surface area contributed by atoms with Crippen molar-refractivity contribution < 1.29 is 0 Å². The Bertz CT molecular complexity index is 320. The maximum absolute atomic E-state index is 2.43. The van der Waals surface area contributed by atoms with Crippen LogP contribution in [0.3, 0.4) is 0 Å². The molecule has 0 fully saturated rings. The van der Waals surface area contributed by atoms with Gasteiger partial charge in [0.1, 0.15) is 0 Å². The highest BCUT2D eigenvalue weighted by Crippen LogP contribution is 2.37. The summed E-state index contributed by atoms with van der Waals surface area (Å²) in [6, 6.07) is 4.87. The zero-order valence-corrected chi connectivity index (χ0v) is 15.6. The van der Waals surface area contributed by atoms with Crippen LogP contribution in [0.5, 0.6) is 0 Å². The first-order chi connectivity index (χ1) is 10.3. The highest BCUT2D eigenvalue weighted by Gasteiger charge is 2.16. The smallest absolute Gasteiger partial charge is 0.00791 e. The largest absolute Gasteiger partial charge is 0.145 e. The molecule has 2 atom stereocenters. The average molecular weight is 309 g/mol. The van der Waals surface area contributed by atoms with Crippen LogP contribution < -0.4 is 0 Å². The van der Waals surface area contributed by atoms with Crippen LogP contribution in [0.25, 0.3) is 0 Å². The maximum Gasteiger partial charge on any atom is 0.00791 e. The highest BCUT2D eigenvalue weighted by molar-refractivity contribution is 7.12. The summed E-state index contributed by atoms with van der Waals surface area (Å²) < 4.78 is 0. The predicted molar refractivity (Wildman–Crippen MR) is 98.7 cm³/mol. The molecule has 0 saturated heterocycles. The van der Waals surface area contributed by atoms with Crippen LogP contribution >= 0.6 is 11.3 Å². The fourth-order valence-electron chi connectivity index (χ4n) is 3.18.